The van der Waals surface area contributed by atoms with Gasteiger partial charge in [0, 0.05) is 13.0 Å². The molecule has 1 unspecified atom stereocenters. The largest absolute Gasteiger partial charge is 0.481 e. The zero-order valence-electron chi connectivity index (χ0n) is 9.92. The quantitative estimate of drug-likeness (QED) is 0.644. The monoisotopic (exact) mass is 256 g/mol. The second-order valence-electron chi connectivity index (χ2n) is 4.16. The molecule has 0 fully saturated rings. The lowest BCUT2D eigenvalue weighted by Gasteiger charge is -2.11. The topological polar surface area (TPSA) is 46.5 Å². The maximum absolute atomic E-state index is 11.7. The van der Waals surface area contributed by atoms with Crippen LogP contribution < -0.4 is 0 Å². The van der Waals surface area contributed by atoms with Gasteiger partial charge in [0.1, 0.15) is 0 Å². The van der Waals surface area contributed by atoms with Gasteiger partial charge in [-0.1, -0.05) is 13.3 Å². The lowest BCUT2D eigenvalue weighted by Crippen LogP contribution is -2.12. The average Bonchev–Trinajstić information content (AvgIpc) is 2.14. The van der Waals surface area contributed by atoms with E-state index in [1.165, 1.54) is 0 Å². The number of carboxylic acid groups (broad SMARTS) is 1. The molecule has 0 amide bonds. The van der Waals surface area contributed by atoms with Gasteiger partial charge < -0.3 is 9.84 Å². The third-order valence-electron chi connectivity index (χ3n) is 2.37. The van der Waals surface area contributed by atoms with Crippen molar-refractivity contribution in [3.63, 3.8) is 0 Å². The second-order valence-corrected chi connectivity index (χ2v) is 4.16. The van der Waals surface area contributed by atoms with Gasteiger partial charge in [-0.25, -0.2) is 0 Å². The minimum absolute atomic E-state index is 0.138. The van der Waals surface area contributed by atoms with Crippen molar-refractivity contribution in [3.8, 4) is 0 Å². The number of carbonyl (C=O) groups is 1. The fraction of sp³-hybridized carbons (Fsp3) is 0.909. The first-order chi connectivity index (χ1) is 7.81. The van der Waals surface area contributed by atoms with Crippen molar-refractivity contribution >= 4 is 5.97 Å². The zero-order chi connectivity index (χ0) is 13.3. The van der Waals surface area contributed by atoms with Crippen LogP contribution >= 0.6 is 0 Å². The van der Waals surface area contributed by atoms with E-state index in [1.807, 2.05) is 6.92 Å². The summed E-state index contributed by atoms with van der Waals surface area (Å²) in [5, 5.41) is 8.42. The fourth-order valence-electron chi connectivity index (χ4n) is 1.32. The molecule has 0 radical (unpaired) electrons. The molecular weight excluding hydrogens is 237 g/mol. The Kier molecular flexibility index (Phi) is 7.95. The van der Waals surface area contributed by atoms with E-state index in [9.17, 15) is 18.0 Å². The Morgan fingerprint density at radius 1 is 1.29 bits per heavy atom. The Balaban J connectivity index is 3.33. The first-order valence-corrected chi connectivity index (χ1v) is 5.67. The molecule has 0 aromatic rings. The van der Waals surface area contributed by atoms with Crippen molar-refractivity contribution in [2.24, 2.45) is 5.92 Å². The predicted molar refractivity (Wildman–Crippen MR) is 56.8 cm³/mol. The molecule has 1 N–H and O–H groups in total. The summed E-state index contributed by atoms with van der Waals surface area (Å²) >= 11 is 0. The van der Waals surface area contributed by atoms with Crippen molar-refractivity contribution in [2.75, 3.05) is 13.2 Å². The Morgan fingerprint density at radius 2 is 1.94 bits per heavy atom. The van der Waals surface area contributed by atoms with Crippen molar-refractivity contribution in [2.45, 2.75) is 45.2 Å². The minimum Gasteiger partial charge on any atom is -0.481 e. The number of alkyl halides is 3. The fourth-order valence-corrected chi connectivity index (χ4v) is 1.32. The van der Waals surface area contributed by atoms with E-state index in [-0.39, 0.29) is 18.9 Å². The Bertz CT molecular complexity index is 216. The lowest BCUT2D eigenvalue weighted by atomic mass is 10.0. The molecule has 0 saturated carbocycles. The molecule has 0 bridgehead atoms. The van der Waals surface area contributed by atoms with Gasteiger partial charge in [0.05, 0.1) is 13.0 Å². The van der Waals surface area contributed by atoms with Gasteiger partial charge in [-0.2, -0.15) is 13.2 Å². The number of carboxylic acids is 1. The van der Waals surface area contributed by atoms with Gasteiger partial charge >= 0.3 is 12.1 Å². The summed E-state index contributed by atoms with van der Waals surface area (Å²) in [5.41, 5.74) is 0. The smallest absolute Gasteiger partial charge is 0.391 e. The van der Waals surface area contributed by atoms with Crippen LogP contribution in [0.2, 0.25) is 0 Å². The molecule has 0 heterocycles. The van der Waals surface area contributed by atoms with E-state index in [2.05, 4.69) is 0 Å². The van der Waals surface area contributed by atoms with E-state index in [0.717, 1.165) is 6.42 Å². The van der Waals surface area contributed by atoms with Crippen LogP contribution in [-0.2, 0) is 9.53 Å². The molecule has 0 rings (SSSR count). The molecule has 0 aliphatic heterocycles. The number of ether oxygens (including phenoxy) is 1. The Morgan fingerprint density at radius 3 is 2.47 bits per heavy atom. The summed E-state index contributed by atoms with van der Waals surface area (Å²) in [5.74, 6) is -0.543. The summed E-state index contributed by atoms with van der Waals surface area (Å²) in [6.45, 7) is 1.94. The number of aliphatic carboxylic acids is 1. The summed E-state index contributed by atoms with van der Waals surface area (Å²) in [7, 11) is 0. The third kappa shape index (κ3) is 13.2. The van der Waals surface area contributed by atoms with Crippen LogP contribution in [0, 0.1) is 5.92 Å². The van der Waals surface area contributed by atoms with Gasteiger partial charge in [0.2, 0.25) is 0 Å². The molecule has 17 heavy (non-hydrogen) atoms. The highest BCUT2D eigenvalue weighted by atomic mass is 19.4. The van der Waals surface area contributed by atoms with Gasteiger partial charge in [-0.05, 0) is 18.8 Å². The van der Waals surface area contributed by atoms with Gasteiger partial charge in [-0.3, -0.25) is 4.79 Å². The average molecular weight is 256 g/mol. The van der Waals surface area contributed by atoms with Gasteiger partial charge in [0.15, 0.2) is 0 Å². The second kappa shape index (κ2) is 8.33. The van der Waals surface area contributed by atoms with Crippen LogP contribution in [0.25, 0.3) is 0 Å². The van der Waals surface area contributed by atoms with E-state index < -0.39 is 18.6 Å². The molecule has 0 saturated heterocycles. The van der Waals surface area contributed by atoms with Gasteiger partial charge in [0.25, 0.3) is 0 Å². The van der Waals surface area contributed by atoms with E-state index >= 15 is 0 Å². The van der Waals surface area contributed by atoms with Crippen LogP contribution in [0.15, 0.2) is 0 Å². The van der Waals surface area contributed by atoms with E-state index in [0.29, 0.717) is 19.4 Å². The standard InChI is InChI=1S/C11H19F3O3/c1-9(3-2-4-10(15)16)5-7-17-8-6-11(12,13)14/h9H,2-8H2,1H3,(H,15,16). The Labute approximate surface area is 99.0 Å². The highest BCUT2D eigenvalue weighted by Gasteiger charge is 2.26. The highest BCUT2D eigenvalue weighted by molar-refractivity contribution is 5.66. The molecule has 0 spiro atoms. The third-order valence-corrected chi connectivity index (χ3v) is 2.37. The predicted octanol–water partition coefficient (Wildman–Crippen LogP) is 3.24. The summed E-state index contributed by atoms with van der Waals surface area (Å²) in [4.78, 5) is 10.2. The van der Waals surface area contributed by atoms with Crippen molar-refractivity contribution in [3.05, 3.63) is 0 Å². The van der Waals surface area contributed by atoms with Crippen molar-refractivity contribution < 1.29 is 27.8 Å². The zero-order valence-corrected chi connectivity index (χ0v) is 9.92. The Hall–Kier alpha value is -0.780. The summed E-state index contributed by atoms with van der Waals surface area (Å²) in [6.07, 6.45) is -2.92. The van der Waals surface area contributed by atoms with Crippen molar-refractivity contribution in [1.82, 2.24) is 0 Å². The maximum atomic E-state index is 11.7. The number of rotatable bonds is 9. The molecule has 0 aliphatic carbocycles. The molecule has 0 aliphatic rings. The molecule has 0 aromatic carbocycles. The molecule has 6 heteroatoms. The summed E-state index contributed by atoms with van der Waals surface area (Å²) in [6, 6.07) is 0. The lowest BCUT2D eigenvalue weighted by molar-refractivity contribution is -0.145. The van der Waals surface area contributed by atoms with Crippen molar-refractivity contribution in [1.29, 1.82) is 0 Å². The first kappa shape index (κ1) is 16.2. The van der Waals surface area contributed by atoms with Gasteiger partial charge in [-0.15, -0.1) is 0 Å². The number of hydrogen-bond acceptors (Lipinski definition) is 2. The summed E-state index contributed by atoms with van der Waals surface area (Å²) < 4.78 is 40.1. The minimum atomic E-state index is -4.16. The highest BCUT2D eigenvalue weighted by Crippen LogP contribution is 2.19. The number of halogens is 3. The molecule has 0 aromatic heterocycles. The van der Waals surface area contributed by atoms with Crippen LogP contribution in [0.1, 0.15) is 39.0 Å². The van der Waals surface area contributed by atoms with E-state index in [4.69, 9.17) is 9.84 Å². The first-order valence-electron chi connectivity index (χ1n) is 5.67. The van der Waals surface area contributed by atoms with Crippen LogP contribution in [0.3, 0.4) is 0 Å². The molecule has 1 atom stereocenters. The van der Waals surface area contributed by atoms with Crippen LogP contribution in [0.4, 0.5) is 13.2 Å². The molecule has 102 valence electrons. The molecular formula is C11H19F3O3. The van der Waals surface area contributed by atoms with Crippen LogP contribution in [-0.4, -0.2) is 30.5 Å². The number of hydrogen-bond donors (Lipinski definition) is 1. The normalized spacial score (nSPS) is 13.6. The maximum Gasteiger partial charge on any atom is 0.391 e. The SMILES string of the molecule is CC(CCCC(=O)O)CCOCCC(F)(F)F. The molecule has 3 nitrogen and oxygen atoms in total. The van der Waals surface area contributed by atoms with Crippen LogP contribution in [0.5, 0.6) is 0 Å². The van der Waals surface area contributed by atoms with E-state index in [1.54, 1.807) is 0 Å².